The van der Waals surface area contributed by atoms with Gasteiger partial charge in [-0.05, 0) is 36.8 Å². The monoisotopic (exact) mass is 298 g/mol. The fourth-order valence-electron chi connectivity index (χ4n) is 2.82. The van der Waals surface area contributed by atoms with E-state index in [9.17, 15) is 9.18 Å². The van der Waals surface area contributed by atoms with E-state index in [0.717, 1.165) is 17.8 Å². The summed E-state index contributed by atoms with van der Waals surface area (Å²) < 4.78 is 13.0. The average molecular weight is 298 g/mol. The molecule has 0 spiro atoms. The van der Waals surface area contributed by atoms with Crippen molar-refractivity contribution in [2.45, 2.75) is 19.5 Å². The van der Waals surface area contributed by atoms with Crippen molar-refractivity contribution in [1.29, 1.82) is 0 Å². The highest BCUT2D eigenvalue weighted by Crippen LogP contribution is 2.21. The SMILES string of the molecule is C[C@@H]1C(=O)N(c2ccccc2)CCN1Cc1ccc(F)cc1. The van der Waals surface area contributed by atoms with Crippen LogP contribution in [0.3, 0.4) is 0 Å². The van der Waals surface area contributed by atoms with Crippen molar-refractivity contribution in [3.05, 3.63) is 66.0 Å². The Labute approximate surface area is 130 Å². The number of hydrogen-bond donors (Lipinski definition) is 0. The number of carbonyl (C=O) groups is 1. The van der Waals surface area contributed by atoms with E-state index < -0.39 is 0 Å². The molecule has 1 aliphatic rings. The standard InChI is InChI=1S/C18H19FN2O/c1-14-18(22)21(17-5-3-2-4-6-17)12-11-20(14)13-15-7-9-16(19)10-8-15/h2-10,14H,11-13H2,1H3/t14-/m1/s1. The van der Waals surface area contributed by atoms with E-state index in [1.165, 1.54) is 12.1 Å². The fraction of sp³-hybridized carbons (Fsp3) is 0.278. The molecular formula is C18H19FN2O. The van der Waals surface area contributed by atoms with Crippen LogP contribution in [-0.4, -0.2) is 29.9 Å². The zero-order valence-electron chi connectivity index (χ0n) is 12.6. The van der Waals surface area contributed by atoms with Crippen molar-refractivity contribution < 1.29 is 9.18 Å². The molecule has 2 aromatic carbocycles. The Morgan fingerprint density at radius 1 is 1.05 bits per heavy atom. The first kappa shape index (κ1) is 14.7. The van der Waals surface area contributed by atoms with Crippen molar-refractivity contribution in [1.82, 2.24) is 4.90 Å². The van der Waals surface area contributed by atoms with Crippen LogP contribution in [0.4, 0.5) is 10.1 Å². The molecule has 1 heterocycles. The van der Waals surface area contributed by atoms with Crippen molar-refractivity contribution >= 4 is 11.6 Å². The molecule has 3 rings (SSSR count). The van der Waals surface area contributed by atoms with Gasteiger partial charge in [-0.1, -0.05) is 30.3 Å². The molecule has 3 nitrogen and oxygen atoms in total. The van der Waals surface area contributed by atoms with Gasteiger partial charge in [-0.15, -0.1) is 0 Å². The van der Waals surface area contributed by atoms with Crippen LogP contribution < -0.4 is 4.90 Å². The largest absolute Gasteiger partial charge is 0.310 e. The Balaban J connectivity index is 1.70. The number of piperazine rings is 1. The second kappa shape index (κ2) is 6.28. The summed E-state index contributed by atoms with van der Waals surface area (Å²) in [5, 5.41) is 0. The lowest BCUT2D eigenvalue weighted by Crippen LogP contribution is -2.55. The molecule has 0 bridgehead atoms. The molecule has 0 unspecified atom stereocenters. The van der Waals surface area contributed by atoms with Crippen LogP contribution in [0.5, 0.6) is 0 Å². The summed E-state index contributed by atoms with van der Waals surface area (Å²) in [5.74, 6) is -0.124. The van der Waals surface area contributed by atoms with Gasteiger partial charge < -0.3 is 4.90 Å². The highest BCUT2D eigenvalue weighted by molar-refractivity contribution is 5.97. The van der Waals surface area contributed by atoms with Gasteiger partial charge in [-0.25, -0.2) is 4.39 Å². The first-order valence-corrected chi connectivity index (χ1v) is 7.50. The Morgan fingerprint density at radius 2 is 1.73 bits per heavy atom. The highest BCUT2D eigenvalue weighted by Gasteiger charge is 2.31. The zero-order chi connectivity index (χ0) is 15.5. The van der Waals surface area contributed by atoms with Crippen LogP contribution in [-0.2, 0) is 11.3 Å². The molecule has 0 radical (unpaired) electrons. The van der Waals surface area contributed by atoms with Gasteiger partial charge in [0.25, 0.3) is 0 Å². The van der Waals surface area contributed by atoms with Crippen molar-refractivity contribution in [3.63, 3.8) is 0 Å². The summed E-state index contributed by atoms with van der Waals surface area (Å²) in [6, 6.07) is 16.0. The van der Waals surface area contributed by atoms with Gasteiger partial charge in [-0.3, -0.25) is 9.69 Å². The number of amides is 1. The predicted molar refractivity (Wildman–Crippen MR) is 85.1 cm³/mol. The van der Waals surface area contributed by atoms with E-state index in [4.69, 9.17) is 0 Å². The lowest BCUT2D eigenvalue weighted by atomic mass is 10.1. The van der Waals surface area contributed by atoms with Gasteiger partial charge in [-0.2, -0.15) is 0 Å². The smallest absolute Gasteiger partial charge is 0.244 e. The van der Waals surface area contributed by atoms with Crippen LogP contribution in [0, 0.1) is 5.82 Å². The summed E-state index contributed by atoms with van der Waals surface area (Å²) in [4.78, 5) is 16.6. The van der Waals surface area contributed by atoms with Gasteiger partial charge in [0.1, 0.15) is 5.82 Å². The minimum absolute atomic E-state index is 0.111. The van der Waals surface area contributed by atoms with Crippen LogP contribution in [0.2, 0.25) is 0 Å². The van der Waals surface area contributed by atoms with E-state index in [2.05, 4.69) is 4.90 Å². The van der Waals surface area contributed by atoms with Gasteiger partial charge in [0.2, 0.25) is 5.91 Å². The molecule has 1 atom stereocenters. The Morgan fingerprint density at radius 3 is 2.41 bits per heavy atom. The zero-order valence-corrected chi connectivity index (χ0v) is 12.6. The van der Waals surface area contributed by atoms with E-state index in [0.29, 0.717) is 13.1 Å². The van der Waals surface area contributed by atoms with Gasteiger partial charge in [0.05, 0.1) is 6.04 Å². The molecule has 1 aliphatic heterocycles. The topological polar surface area (TPSA) is 23.6 Å². The number of anilines is 1. The number of halogens is 1. The molecule has 0 N–H and O–H groups in total. The molecule has 4 heteroatoms. The Bertz CT molecular complexity index is 642. The number of hydrogen-bond acceptors (Lipinski definition) is 2. The summed E-state index contributed by atoms with van der Waals surface area (Å²) >= 11 is 0. The molecule has 1 saturated heterocycles. The van der Waals surface area contributed by atoms with Crippen molar-refractivity contribution in [2.75, 3.05) is 18.0 Å². The molecule has 114 valence electrons. The molecule has 0 aromatic heterocycles. The number of rotatable bonds is 3. The maximum absolute atomic E-state index is 13.0. The minimum Gasteiger partial charge on any atom is -0.310 e. The second-order valence-electron chi connectivity index (χ2n) is 5.60. The first-order chi connectivity index (χ1) is 10.6. The first-order valence-electron chi connectivity index (χ1n) is 7.50. The second-order valence-corrected chi connectivity index (χ2v) is 5.60. The summed E-state index contributed by atoms with van der Waals surface area (Å²) in [6.07, 6.45) is 0. The van der Waals surface area contributed by atoms with Gasteiger partial charge in [0.15, 0.2) is 0 Å². The highest BCUT2D eigenvalue weighted by atomic mass is 19.1. The Kier molecular flexibility index (Phi) is 4.20. The lowest BCUT2D eigenvalue weighted by Gasteiger charge is -2.39. The molecule has 0 aliphatic carbocycles. The van der Waals surface area contributed by atoms with Gasteiger partial charge >= 0.3 is 0 Å². The summed E-state index contributed by atoms with van der Waals surface area (Å²) in [6.45, 7) is 4.07. The van der Waals surface area contributed by atoms with Gasteiger partial charge in [0, 0.05) is 25.3 Å². The average Bonchev–Trinajstić information content (AvgIpc) is 2.55. The minimum atomic E-state index is -0.234. The number of benzene rings is 2. The predicted octanol–water partition coefficient (Wildman–Crippen LogP) is 3.06. The molecule has 22 heavy (non-hydrogen) atoms. The van der Waals surface area contributed by atoms with E-state index in [-0.39, 0.29) is 17.8 Å². The number of carbonyl (C=O) groups excluding carboxylic acids is 1. The lowest BCUT2D eigenvalue weighted by molar-refractivity contribution is -0.125. The third-order valence-corrected chi connectivity index (χ3v) is 4.15. The van der Waals surface area contributed by atoms with Crippen LogP contribution in [0.25, 0.3) is 0 Å². The van der Waals surface area contributed by atoms with Crippen LogP contribution in [0.15, 0.2) is 54.6 Å². The van der Waals surface area contributed by atoms with Crippen LogP contribution in [0.1, 0.15) is 12.5 Å². The van der Waals surface area contributed by atoms with Crippen LogP contribution >= 0.6 is 0 Å². The third kappa shape index (κ3) is 3.02. The Hall–Kier alpha value is -2.20. The molecule has 1 amide bonds. The number of nitrogens with zero attached hydrogens (tertiary/aromatic N) is 2. The maximum Gasteiger partial charge on any atom is 0.244 e. The fourth-order valence-corrected chi connectivity index (χ4v) is 2.82. The normalized spacial score (nSPS) is 19.5. The van der Waals surface area contributed by atoms with Crippen molar-refractivity contribution in [3.8, 4) is 0 Å². The molecular weight excluding hydrogens is 279 g/mol. The van der Waals surface area contributed by atoms with E-state index in [1.807, 2.05) is 42.2 Å². The summed E-state index contributed by atoms with van der Waals surface area (Å²) in [5.41, 5.74) is 1.97. The van der Waals surface area contributed by atoms with Crippen molar-refractivity contribution in [2.24, 2.45) is 0 Å². The molecule has 1 fully saturated rings. The van der Waals surface area contributed by atoms with E-state index in [1.54, 1.807) is 12.1 Å². The third-order valence-electron chi connectivity index (χ3n) is 4.15. The van der Waals surface area contributed by atoms with E-state index >= 15 is 0 Å². The quantitative estimate of drug-likeness (QED) is 0.869. The molecule has 0 saturated carbocycles. The maximum atomic E-state index is 13.0. The number of para-hydroxylation sites is 1. The molecule has 2 aromatic rings. The summed E-state index contributed by atoms with van der Waals surface area (Å²) in [7, 11) is 0.